The second-order valence-corrected chi connectivity index (χ2v) is 11.7. The Bertz CT molecular complexity index is 924. The van der Waals surface area contributed by atoms with Crippen molar-refractivity contribution >= 4 is 5.97 Å². The molecule has 2 aliphatic carbocycles. The van der Waals surface area contributed by atoms with Gasteiger partial charge in [-0.1, -0.05) is 65.2 Å². The molecule has 37 heavy (non-hydrogen) atoms. The molecule has 2 saturated carbocycles. The van der Waals surface area contributed by atoms with Gasteiger partial charge in [-0.05, 0) is 98.9 Å². The van der Waals surface area contributed by atoms with Crippen molar-refractivity contribution in [1.82, 2.24) is 9.97 Å². The van der Waals surface area contributed by atoms with E-state index < -0.39 is 0 Å². The smallest absolute Gasteiger partial charge is 0.314 e. The molecule has 1 aromatic carbocycles. The van der Waals surface area contributed by atoms with Gasteiger partial charge in [0, 0.05) is 18.0 Å². The number of hydrogen-bond acceptors (Lipinski definition) is 4. The van der Waals surface area contributed by atoms with Gasteiger partial charge < -0.3 is 4.74 Å². The molecular weight excluding hydrogens is 456 g/mol. The minimum absolute atomic E-state index is 0.0462. The lowest BCUT2D eigenvalue weighted by Crippen LogP contribution is -2.30. The number of carbonyl (C=O) groups is 1. The van der Waals surface area contributed by atoms with Crippen LogP contribution in [0.15, 0.2) is 36.7 Å². The van der Waals surface area contributed by atoms with Gasteiger partial charge >= 0.3 is 5.97 Å². The van der Waals surface area contributed by atoms with Crippen LogP contribution < -0.4 is 4.74 Å². The highest BCUT2D eigenvalue weighted by Crippen LogP contribution is 2.42. The first kappa shape index (κ1) is 27.8. The van der Waals surface area contributed by atoms with Crippen LogP contribution in [0, 0.1) is 23.7 Å². The van der Waals surface area contributed by atoms with Crippen molar-refractivity contribution in [3.8, 4) is 17.1 Å². The van der Waals surface area contributed by atoms with Crippen LogP contribution in [0.3, 0.4) is 0 Å². The van der Waals surface area contributed by atoms with Gasteiger partial charge in [0.25, 0.3) is 0 Å². The second kappa shape index (κ2) is 14.6. The normalized spacial score (nSPS) is 24.1. The fraction of sp³-hybridized carbons (Fsp3) is 0.667. The summed E-state index contributed by atoms with van der Waals surface area (Å²) >= 11 is 0. The first-order valence-electron chi connectivity index (χ1n) is 15.3. The molecule has 2 aliphatic rings. The molecule has 2 fully saturated rings. The second-order valence-electron chi connectivity index (χ2n) is 11.7. The molecule has 0 saturated heterocycles. The maximum atomic E-state index is 12.9. The average Bonchev–Trinajstić information content (AvgIpc) is 2.95. The molecule has 4 heteroatoms. The zero-order valence-corrected chi connectivity index (χ0v) is 23.3. The molecule has 1 heterocycles. The molecule has 0 atom stereocenters. The van der Waals surface area contributed by atoms with Crippen molar-refractivity contribution in [3.05, 3.63) is 42.2 Å². The van der Waals surface area contributed by atoms with Crippen molar-refractivity contribution in [2.45, 2.75) is 117 Å². The summed E-state index contributed by atoms with van der Waals surface area (Å²) in [5, 5.41) is 0. The molecule has 202 valence electrons. The van der Waals surface area contributed by atoms with Crippen LogP contribution in [0.1, 0.15) is 116 Å². The van der Waals surface area contributed by atoms with Gasteiger partial charge in [0.05, 0.1) is 5.92 Å². The predicted octanol–water partition coefficient (Wildman–Crippen LogP) is 8.97. The Balaban J connectivity index is 1.19. The SMILES string of the molecule is CCCCCc1cnc(-c2ccc(OC(=O)C3CCC(C4CCC(CCCCC)CC4)CC3)cc2)nc1. The lowest BCUT2D eigenvalue weighted by Gasteiger charge is -2.37. The number of hydrogen-bond donors (Lipinski definition) is 0. The Morgan fingerprint density at radius 3 is 2.00 bits per heavy atom. The topological polar surface area (TPSA) is 52.1 Å². The third-order valence-electron chi connectivity index (χ3n) is 8.98. The van der Waals surface area contributed by atoms with E-state index in [0.717, 1.165) is 42.6 Å². The van der Waals surface area contributed by atoms with E-state index in [9.17, 15) is 4.79 Å². The van der Waals surface area contributed by atoms with Crippen LogP contribution >= 0.6 is 0 Å². The molecule has 4 rings (SSSR count). The molecule has 4 nitrogen and oxygen atoms in total. The quantitative estimate of drug-likeness (QED) is 0.164. The van der Waals surface area contributed by atoms with E-state index in [0.29, 0.717) is 11.6 Å². The first-order valence-corrected chi connectivity index (χ1v) is 15.3. The van der Waals surface area contributed by atoms with E-state index in [1.165, 1.54) is 89.0 Å². The Labute approximate surface area is 225 Å². The Morgan fingerprint density at radius 1 is 0.784 bits per heavy atom. The Morgan fingerprint density at radius 2 is 1.38 bits per heavy atom. The van der Waals surface area contributed by atoms with E-state index in [1.54, 1.807) is 0 Å². The van der Waals surface area contributed by atoms with Crippen LogP contribution in [0.5, 0.6) is 5.75 Å². The van der Waals surface area contributed by atoms with Gasteiger partial charge in [-0.15, -0.1) is 0 Å². The van der Waals surface area contributed by atoms with E-state index >= 15 is 0 Å². The molecule has 1 aromatic heterocycles. The Kier molecular flexibility index (Phi) is 11.0. The first-order chi connectivity index (χ1) is 18.2. The van der Waals surface area contributed by atoms with E-state index in [1.807, 2.05) is 36.7 Å². The number of unbranched alkanes of at least 4 members (excludes halogenated alkanes) is 4. The standard InChI is InChI=1S/C33H48N2O2/c1-3-5-7-9-25-11-13-27(14-12-25)28-15-17-30(18-16-28)33(36)37-31-21-19-29(20-22-31)32-34-23-26(24-35-32)10-8-6-4-2/h19-25,27-28,30H,3-18H2,1-2H3. The van der Waals surface area contributed by atoms with Crippen molar-refractivity contribution < 1.29 is 9.53 Å². The fourth-order valence-corrected chi connectivity index (χ4v) is 6.54. The number of rotatable bonds is 12. The Hall–Kier alpha value is -2.23. The molecule has 0 amide bonds. The van der Waals surface area contributed by atoms with Crippen LogP contribution in [0.4, 0.5) is 0 Å². The minimum Gasteiger partial charge on any atom is -0.426 e. The summed E-state index contributed by atoms with van der Waals surface area (Å²) in [6, 6.07) is 7.64. The predicted molar refractivity (Wildman–Crippen MR) is 151 cm³/mol. The number of benzene rings is 1. The number of esters is 1. The largest absolute Gasteiger partial charge is 0.426 e. The highest BCUT2D eigenvalue weighted by Gasteiger charge is 2.33. The third-order valence-corrected chi connectivity index (χ3v) is 8.98. The molecule has 0 spiro atoms. The number of ether oxygens (including phenoxy) is 1. The van der Waals surface area contributed by atoms with Gasteiger partial charge in [0.2, 0.25) is 0 Å². The minimum atomic E-state index is -0.0569. The molecule has 2 aromatic rings. The molecule has 0 bridgehead atoms. The van der Waals surface area contributed by atoms with Gasteiger partial charge in [0.1, 0.15) is 5.75 Å². The van der Waals surface area contributed by atoms with Crippen molar-refractivity contribution in [1.29, 1.82) is 0 Å². The van der Waals surface area contributed by atoms with Crippen LogP contribution in [0.2, 0.25) is 0 Å². The fourth-order valence-electron chi connectivity index (χ4n) is 6.54. The van der Waals surface area contributed by atoms with E-state index in [2.05, 4.69) is 23.8 Å². The number of nitrogens with zero attached hydrogens (tertiary/aromatic N) is 2. The third kappa shape index (κ3) is 8.38. The van der Waals surface area contributed by atoms with Crippen molar-refractivity contribution in [3.63, 3.8) is 0 Å². The summed E-state index contributed by atoms with van der Waals surface area (Å²) in [4.78, 5) is 22.0. The van der Waals surface area contributed by atoms with Gasteiger partial charge in [-0.25, -0.2) is 9.97 Å². The summed E-state index contributed by atoms with van der Waals surface area (Å²) in [7, 11) is 0. The van der Waals surface area contributed by atoms with E-state index in [4.69, 9.17) is 4.74 Å². The summed E-state index contributed by atoms with van der Waals surface area (Å²) in [5.41, 5.74) is 2.13. The number of carbonyl (C=O) groups excluding carboxylic acids is 1. The molecule has 0 aliphatic heterocycles. The average molecular weight is 505 g/mol. The number of aryl methyl sites for hydroxylation is 1. The van der Waals surface area contributed by atoms with Crippen LogP contribution in [-0.2, 0) is 11.2 Å². The highest BCUT2D eigenvalue weighted by molar-refractivity contribution is 5.75. The summed E-state index contributed by atoms with van der Waals surface area (Å²) in [6.07, 6.45) is 24.2. The molecular formula is C33H48N2O2. The van der Waals surface area contributed by atoms with E-state index in [-0.39, 0.29) is 11.9 Å². The van der Waals surface area contributed by atoms with Gasteiger partial charge in [-0.3, -0.25) is 4.79 Å². The lowest BCUT2D eigenvalue weighted by atomic mass is 9.68. The molecule has 0 unspecified atom stereocenters. The summed E-state index contributed by atoms with van der Waals surface area (Å²) in [6.45, 7) is 4.51. The monoisotopic (exact) mass is 504 g/mol. The van der Waals surface area contributed by atoms with Gasteiger partial charge in [-0.2, -0.15) is 0 Å². The zero-order chi connectivity index (χ0) is 25.9. The lowest BCUT2D eigenvalue weighted by molar-refractivity contribution is -0.140. The highest BCUT2D eigenvalue weighted by atomic mass is 16.5. The maximum absolute atomic E-state index is 12.9. The van der Waals surface area contributed by atoms with Crippen LogP contribution in [-0.4, -0.2) is 15.9 Å². The molecule has 0 N–H and O–H groups in total. The maximum Gasteiger partial charge on any atom is 0.314 e. The summed E-state index contributed by atoms with van der Waals surface area (Å²) < 4.78 is 5.78. The zero-order valence-electron chi connectivity index (χ0n) is 23.3. The molecule has 0 radical (unpaired) electrons. The van der Waals surface area contributed by atoms with Gasteiger partial charge in [0.15, 0.2) is 5.82 Å². The number of aromatic nitrogens is 2. The van der Waals surface area contributed by atoms with Crippen LogP contribution in [0.25, 0.3) is 11.4 Å². The summed E-state index contributed by atoms with van der Waals surface area (Å²) in [5.74, 6) is 4.00. The van der Waals surface area contributed by atoms with Crippen molar-refractivity contribution in [2.24, 2.45) is 23.7 Å². The van der Waals surface area contributed by atoms with Crippen molar-refractivity contribution in [2.75, 3.05) is 0 Å².